The number of carbonyl (C=O) groups excluding carboxylic acids is 1. The van der Waals surface area contributed by atoms with Crippen molar-refractivity contribution in [3.05, 3.63) is 33.1 Å². The number of hydrogen-bond acceptors (Lipinski definition) is 4. The minimum Gasteiger partial charge on any atom is -0.336 e. The van der Waals surface area contributed by atoms with Crippen molar-refractivity contribution in [1.82, 2.24) is 14.9 Å². The number of H-pyrrole nitrogens is 1. The summed E-state index contributed by atoms with van der Waals surface area (Å²) in [6.07, 6.45) is 2.51. The van der Waals surface area contributed by atoms with E-state index in [4.69, 9.17) is 5.26 Å². The monoisotopic (exact) mass is 234 g/mol. The lowest BCUT2D eigenvalue weighted by Gasteiger charge is -2.09. The highest BCUT2D eigenvalue weighted by atomic mass is 16.2. The molecule has 0 atom stereocenters. The van der Waals surface area contributed by atoms with E-state index in [9.17, 15) is 14.4 Å². The number of rotatable bonds is 3. The van der Waals surface area contributed by atoms with Crippen molar-refractivity contribution in [1.29, 1.82) is 5.26 Å². The van der Waals surface area contributed by atoms with Gasteiger partial charge in [0, 0.05) is 12.3 Å². The number of hydrogen-bond donors (Lipinski definition) is 2. The maximum atomic E-state index is 11.6. The fourth-order valence-electron chi connectivity index (χ4n) is 1.42. The second-order valence-electron chi connectivity index (χ2n) is 3.98. The minimum absolute atomic E-state index is 0.209. The van der Waals surface area contributed by atoms with Crippen LogP contribution in [0.5, 0.6) is 0 Å². The maximum Gasteiger partial charge on any atom is 0.328 e. The van der Waals surface area contributed by atoms with Crippen LogP contribution in [0.3, 0.4) is 0 Å². The summed E-state index contributed by atoms with van der Waals surface area (Å²) in [5.74, 6) is -0.418. The average molecular weight is 234 g/mol. The molecule has 7 heteroatoms. The van der Waals surface area contributed by atoms with Crippen molar-refractivity contribution in [2.75, 3.05) is 0 Å². The van der Waals surface area contributed by atoms with Gasteiger partial charge in [-0.2, -0.15) is 5.26 Å². The van der Waals surface area contributed by atoms with Gasteiger partial charge in [-0.15, -0.1) is 0 Å². The Labute approximate surface area is 95.7 Å². The van der Waals surface area contributed by atoms with Gasteiger partial charge >= 0.3 is 5.69 Å². The average Bonchev–Trinajstić information content (AvgIpc) is 3.03. The molecule has 2 rings (SSSR count). The largest absolute Gasteiger partial charge is 0.336 e. The van der Waals surface area contributed by atoms with Crippen LogP contribution in [0.2, 0.25) is 0 Å². The Hall–Kier alpha value is -2.36. The predicted molar refractivity (Wildman–Crippen MR) is 57.0 cm³/mol. The number of nitrogens with zero attached hydrogens (tertiary/aromatic N) is 2. The molecule has 1 saturated carbocycles. The van der Waals surface area contributed by atoms with Gasteiger partial charge in [0.1, 0.15) is 12.1 Å². The molecule has 1 fully saturated rings. The first-order valence-electron chi connectivity index (χ1n) is 5.07. The van der Waals surface area contributed by atoms with Gasteiger partial charge in [0.2, 0.25) is 5.91 Å². The van der Waals surface area contributed by atoms with Gasteiger partial charge in [-0.25, -0.2) is 4.79 Å². The van der Waals surface area contributed by atoms with Gasteiger partial charge < -0.3 is 5.32 Å². The number of nitrogens with one attached hydrogen (secondary N) is 2. The Kier molecular flexibility index (Phi) is 2.55. The zero-order valence-electron chi connectivity index (χ0n) is 8.90. The topological polar surface area (TPSA) is 108 Å². The highest BCUT2D eigenvalue weighted by Crippen LogP contribution is 2.34. The SMILES string of the molecule is N#CC1(NC(=O)Cn2ccc(=O)[nH]c2=O)CC1. The van der Waals surface area contributed by atoms with E-state index in [0.29, 0.717) is 12.8 Å². The minimum atomic E-state index is -0.747. The predicted octanol–water partition coefficient (Wildman–Crippen LogP) is -1.29. The van der Waals surface area contributed by atoms with E-state index in [1.165, 1.54) is 6.20 Å². The van der Waals surface area contributed by atoms with E-state index < -0.39 is 22.7 Å². The van der Waals surface area contributed by atoms with E-state index in [0.717, 1.165) is 10.6 Å². The van der Waals surface area contributed by atoms with Crippen molar-refractivity contribution >= 4 is 5.91 Å². The molecule has 1 aromatic rings. The molecule has 0 radical (unpaired) electrons. The number of aromatic nitrogens is 2. The van der Waals surface area contributed by atoms with Crippen molar-refractivity contribution in [2.24, 2.45) is 0 Å². The molecule has 1 aliphatic rings. The summed E-state index contributed by atoms with van der Waals surface area (Å²) in [6, 6.07) is 3.17. The molecule has 1 heterocycles. The van der Waals surface area contributed by atoms with E-state index in [2.05, 4.69) is 5.32 Å². The first kappa shape index (κ1) is 11.1. The molecule has 1 aromatic heterocycles. The molecule has 7 nitrogen and oxygen atoms in total. The number of nitriles is 1. The second kappa shape index (κ2) is 3.90. The fourth-order valence-corrected chi connectivity index (χ4v) is 1.42. The highest BCUT2D eigenvalue weighted by molar-refractivity contribution is 5.77. The number of amides is 1. The molecule has 0 saturated heterocycles. The standard InChI is InChI=1S/C10H10N4O3/c11-6-10(2-3-10)13-8(16)5-14-4-1-7(15)12-9(14)17/h1,4H,2-3,5H2,(H,13,16)(H,12,15,17). The Morgan fingerprint density at radius 3 is 2.82 bits per heavy atom. The Morgan fingerprint density at radius 2 is 2.29 bits per heavy atom. The van der Waals surface area contributed by atoms with Gasteiger partial charge in [0.25, 0.3) is 5.56 Å². The van der Waals surface area contributed by atoms with Gasteiger partial charge in [0.05, 0.1) is 6.07 Å². The fraction of sp³-hybridized carbons (Fsp3) is 0.400. The summed E-state index contributed by atoms with van der Waals surface area (Å²) in [5.41, 5.74) is -1.90. The Bertz CT molecular complexity index is 603. The van der Waals surface area contributed by atoms with Gasteiger partial charge in [0.15, 0.2) is 0 Å². The van der Waals surface area contributed by atoms with Crippen molar-refractivity contribution in [3.63, 3.8) is 0 Å². The lowest BCUT2D eigenvalue weighted by atomic mass is 10.3. The van der Waals surface area contributed by atoms with Gasteiger partial charge in [-0.05, 0) is 12.8 Å². The van der Waals surface area contributed by atoms with Crippen LogP contribution in [0.15, 0.2) is 21.9 Å². The van der Waals surface area contributed by atoms with Crippen LogP contribution in [0.4, 0.5) is 0 Å². The zero-order valence-corrected chi connectivity index (χ0v) is 8.90. The quantitative estimate of drug-likeness (QED) is 0.678. The van der Waals surface area contributed by atoms with Crippen LogP contribution in [0, 0.1) is 11.3 Å². The molecule has 0 aromatic carbocycles. The van der Waals surface area contributed by atoms with E-state index in [1.807, 2.05) is 11.1 Å². The number of carbonyl (C=O) groups is 1. The van der Waals surface area contributed by atoms with Crippen LogP contribution in [-0.4, -0.2) is 21.0 Å². The lowest BCUT2D eigenvalue weighted by molar-refractivity contribution is -0.122. The van der Waals surface area contributed by atoms with Crippen LogP contribution < -0.4 is 16.6 Å². The van der Waals surface area contributed by atoms with E-state index in [1.54, 1.807) is 0 Å². The molecule has 0 aliphatic heterocycles. The normalized spacial score (nSPS) is 15.9. The highest BCUT2D eigenvalue weighted by Gasteiger charge is 2.44. The maximum absolute atomic E-state index is 11.6. The molecule has 88 valence electrons. The van der Waals surface area contributed by atoms with Crippen molar-refractivity contribution < 1.29 is 4.79 Å². The molecule has 17 heavy (non-hydrogen) atoms. The van der Waals surface area contributed by atoms with Crippen LogP contribution >= 0.6 is 0 Å². The first-order valence-corrected chi connectivity index (χ1v) is 5.07. The van der Waals surface area contributed by atoms with Gasteiger partial charge in [-0.3, -0.25) is 19.1 Å². The van der Waals surface area contributed by atoms with Crippen LogP contribution in [-0.2, 0) is 11.3 Å². The van der Waals surface area contributed by atoms with E-state index >= 15 is 0 Å². The molecule has 0 unspecified atom stereocenters. The molecule has 1 amide bonds. The third-order valence-corrected chi connectivity index (χ3v) is 2.55. The zero-order chi connectivity index (χ0) is 12.5. The molecule has 1 aliphatic carbocycles. The Balaban J connectivity index is 2.07. The molecular formula is C10H10N4O3. The van der Waals surface area contributed by atoms with Crippen LogP contribution in [0.1, 0.15) is 12.8 Å². The molecule has 0 bridgehead atoms. The van der Waals surface area contributed by atoms with Gasteiger partial charge in [-0.1, -0.05) is 0 Å². The van der Waals surface area contributed by atoms with Crippen molar-refractivity contribution in [3.8, 4) is 6.07 Å². The first-order chi connectivity index (χ1) is 8.04. The summed E-state index contributed by atoms with van der Waals surface area (Å²) in [5, 5.41) is 11.3. The third-order valence-electron chi connectivity index (χ3n) is 2.55. The molecule has 0 spiro atoms. The summed E-state index contributed by atoms with van der Waals surface area (Å²) in [7, 11) is 0. The number of aromatic amines is 1. The third kappa shape index (κ3) is 2.42. The van der Waals surface area contributed by atoms with Crippen LogP contribution in [0.25, 0.3) is 0 Å². The smallest absolute Gasteiger partial charge is 0.328 e. The second-order valence-corrected chi connectivity index (χ2v) is 3.98. The Morgan fingerprint density at radius 1 is 1.59 bits per heavy atom. The molecular weight excluding hydrogens is 224 g/mol. The van der Waals surface area contributed by atoms with Crippen molar-refractivity contribution in [2.45, 2.75) is 24.9 Å². The summed E-state index contributed by atoms with van der Waals surface area (Å²) in [6.45, 7) is -0.209. The summed E-state index contributed by atoms with van der Waals surface area (Å²) >= 11 is 0. The molecule has 2 N–H and O–H groups in total. The summed E-state index contributed by atoms with van der Waals surface area (Å²) < 4.78 is 1.07. The lowest BCUT2D eigenvalue weighted by Crippen LogP contribution is -2.40. The van der Waals surface area contributed by atoms with E-state index in [-0.39, 0.29) is 6.54 Å². The summed E-state index contributed by atoms with van der Waals surface area (Å²) in [4.78, 5) is 35.7.